The highest BCUT2D eigenvalue weighted by Gasteiger charge is 1.97. The van der Waals surface area contributed by atoms with Crippen LogP contribution in [-0.2, 0) is 0 Å². The van der Waals surface area contributed by atoms with Crippen molar-refractivity contribution in [2.75, 3.05) is 6.54 Å². The van der Waals surface area contributed by atoms with Crippen LogP contribution in [0, 0.1) is 12.3 Å². The largest absolute Gasteiger partial charge is 0.504 e. The molecule has 0 saturated heterocycles. The van der Waals surface area contributed by atoms with Crippen molar-refractivity contribution >= 4 is 6.21 Å². The zero-order valence-corrected chi connectivity index (χ0v) is 6.94. The Balaban J connectivity index is 2.81. The van der Waals surface area contributed by atoms with E-state index >= 15 is 0 Å². The molecule has 0 spiro atoms. The minimum atomic E-state index is -0.162. The van der Waals surface area contributed by atoms with E-state index in [1.54, 1.807) is 12.3 Å². The molecule has 13 heavy (non-hydrogen) atoms. The van der Waals surface area contributed by atoms with Gasteiger partial charge in [0.2, 0.25) is 0 Å². The molecular weight excluding hydrogens is 166 g/mol. The summed E-state index contributed by atoms with van der Waals surface area (Å²) < 4.78 is 0. The van der Waals surface area contributed by atoms with E-state index < -0.39 is 0 Å². The first-order valence-corrected chi connectivity index (χ1v) is 3.69. The maximum atomic E-state index is 9.10. The predicted molar refractivity (Wildman–Crippen MR) is 51.1 cm³/mol. The van der Waals surface area contributed by atoms with Gasteiger partial charge in [0.15, 0.2) is 11.5 Å². The third-order valence-electron chi connectivity index (χ3n) is 1.42. The highest BCUT2D eigenvalue weighted by molar-refractivity contribution is 5.80. The number of terminal acetylenes is 1. The number of rotatable bonds is 2. The minimum absolute atomic E-state index is 0.144. The molecular formula is C10H9NO2. The molecule has 0 aliphatic rings. The van der Waals surface area contributed by atoms with Gasteiger partial charge < -0.3 is 10.2 Å². The van der Waals surface area contributed by atoms with E-state index in [0.29, 0.717) is 12.1 Å². The van der Waals surface area contributed by atoms with E-state index in [4.69, 9.17) is 16.6 Å². The van der Waals surface area contributed by atoms with Crippen molar-refractivity contribution in [3.05, 3.63) is 23.8 Å². The lowest BCUT2D eigenvalue weighted by molar-refractivity contribution is 0.403. The smallest absolute Gasteiger partial charge is 0.158 e. The van der Waals surface area contributed by atoms with Gasteiger partial charge in [0, 0.05) is 6.21 Å². The van der Waals surface area contributed by atoms with Crippen LogP contribution in [0.25, 0.3) is 0 Å². The summed E-state index contributed by atoms with van der Waals surface area (Å²) in [6.07, 6.45) is 6.53. The second-order valence-electron chi connectivity index (χ2n) is 2.42. The maximum absolute atomic E-state index is 9.10. The van der Waals surface area contributed by atoms with Crippen LogP contribution < -0.4 is 0 Å². The standard InChI is InChI=1S/C10H9NO2/c1-2-5-11-7-8-3-4-9(12)10(13)6-8/h1,3-4,6-7,12-13H,5H2. The number of aliphatic imine (C=N–C) groups is 1. The molecule has 0 fully saturated rings. The molecule has 0 unspecified atom stereocenters. The quantitative estimate of drug-likeness (QED) is 0.402. The number of nitrogens with zero attached hydrogens (tertiary/aromatic N) is 1. The van der Waals surface area contributed by atoms with Crippen LogP contribution in [0.1, 0.15) is 5.56 Å². The van der Waals surface area contributed by atoms with Crippen LogP contribution in [0.2, 0.25) is 0 Å². The van der Waals surface area contributed by atoms with Crippen LogP contribution in [0.3, 0.4) is 0 Å². The van der Waals surface area contributed by atoms with Gasteiger partial charge >= 0.3 is 0 Å². The summed E-state index contributed by atoms with van der Waals surface area (Å²) in [5.41, 5.74) is 0.700. The zero-order valence-electron chi connectivity index (χ0n) is 6.94. The SMILES string of the molecule is C#CCN=Cc1ccc(O)c(O)c1. The number of aromatic hydroxyl groups is 2. The average molecular weight is 175 g/mol. The molecule has 1 aromatic carbocycles. The Hall–Kier alpha value is -1.95. The second-order valence-corrected chi connectivity index (χ2v) is 2.42. The van der Waals surface area contributed by atoms with Crippen molar-refractivity contribution in [2.24, 2.45) is 4.99 Å². The van der Waals surface area contributed by atoms with Crippen molar-refractivity contribution in [1.82, 2.24) is 0 Å². The molecule has 3 nitrogen and oxygen atoms in total. The molecule has 0 radical (unpaired) electrons. The molecule has 0 saturated carbocycles. The number of phenols is 2. The molecule has 0 aliphatic heterocycles. The normalized spacial score (nSPS) is 10.1. The van der Waals surface area contributed by atoms with Gasteiger partial charge in [-0.3, -0.25) is 4.99 Å². The van der Waals surface area contributed by atoms with E-state index in [0.717, 1.165) is 0 Å². The summed E-state index contributed by atoms with van der Waals surface area (Å²) >= 11 is 0. The van der Waals surface area contributed by atoms with E-state index in [9.17, 15) is 0 Å². The van der Waals surface area contributed by atoms with E-state index in [1.807, 2.05) is 0 Å². The van der Waals surface area contributed by atoms with Crippen LogP contribution in [0.4, 0.5) is 0 Å². The molecule has 3 heteroatoms. The van der Waals surface area contributed by atoms with Crippen LogP contribution in [-0.4, -0.2) is 23.0 Å². The van der Waals surface area contributed by atoms with Crippen molar-refractivity contribution in [3.8, 4) is 23.8 Å². The fraction of sp³-hybridized carbons (Fsp3) is 0.100. The summed E-state index contributed by atoms with van der Waals surface area (Å²) in [7, 11) is 0. The van der Waals surface area contributed by atoms with Gasteiger partial charge in [-0.1, -0.05) is 5.92 Å². The summed E-state index contributed by atoms with van der Waals surface area (Å²) in [5, 5.41) is 18.1. The van der Waals surface area contributed by atoms with Gasteiger partial charge in [-0.2, -0.15) is 0 Å². The second kappa shape index (κ2) is 4.17. The Morgan fingerprint density at radius 2 is 2.15 bits per heavy atom. The fourth-order valence-corrected chi connectivity index (χ4v) is 0.825. The molecule has 0 aliphatic carbocycles. The molecule has 1 rings (SSSR count). The van der Waals surface area contributed by atoms with Crippen molar-refractivity contribution in [1.29, 1.82) is 0 Å². The maximum Gasteiger partial charge on any atom is 0.158 e. The van der Waals surface area contributed by atoms with Gasteiger partial charge in [-0.15, -0.1) is 6.42 Å². The lowest BCUT2D eigenvalue weighted by Crippen LogP contribution is -1.82. The Kier molecular flexibility index (Phi) is 2.93. The molecule has 0 bridgehead atoms. The third-order valence-corrected chi connectivity index (χ3v) is 1.42. The van der Waals surface area contributed by atoms with Gasteiger partial charge in [0.05, 0.1) is 6.54 Å². The first kappa shape index (κ1) is 9.14. The first-order valence-electron chi connectivity index (χ1n) is 3.69. The summed E-state index contributed by atoms with van der Waals surface area (Å²) in [4.78, 5) is 3.88. The van der Waals surface area contributed by atoms with Crippen LogP contribution in [0.15, 0.2) is 23.2 Å². The lowest BCUT2D eigenvalue weighted by atomic mass is 10.2. The zero-order chi connectivity index (χ0) is 9.68. The summed E-state index contributed by atoms with van der Waals surface area (Å²) in [6.45, 7) is 0.307. The average Bonchev–Trinajstić information content (AvgIpc) is 2.12. The molecule has 0 heterocycles. The monoisotopic (exact) mass is 175 g/mol. The third kappa shape index (κ3) is 2.53. The Morgan fingerprint density at radius 1 is 1.38 bits per heavy atom. The number of hydrogen-bond acceptors (Lipinski definition) is 3. The number of hydrogen-bond donors (Lipinski definition) is 2. The Labute approximate surface area is 76.4 Å². The van der Waals surface area contributed by atoms with Crippen molar-refractivity contribution < 1.29 is 10.2 Å². The predicted octanol–water partition coefficient (Wildman–Crippen LogP) is 1.15. The highest BCUT2D eigenvalue weighted by Crippen LogP contribution is 2.23. The summed E-state index contributed by atoms with van der Waals surface area (Å²) in [5.74, 6) is 2.05. The van der Waals surface area contributed by atoms with E-state index in [1.165, 1.54) is 12.1 Å². The molecule has 1 aromatic rings. The number of phenolic OH excluding ortho intramolecular Hbond substituents is 2. The number of benzene rings is 1. The van der Waals surface area contributed by atoms with E-state index in [2.05, 4.69) is 10.9 Å². The first-order chi connectivity index (χ1) is 6.24. The van der Waals surface area contributed by atoms with Gasteiger partial charge in [0.25, 0.3) is 0 Å². The highest BCUT2D eigenvalue weighted by atomic mass is 16.3. The minimum Gasteiger partial charge on any atom is -0.504 e. The van der Waals surface area contributed by atoms with Gasteiger partial charge in [-0.25, -0.2) is 0 Å². The molecule has 2 N–H and O–H groups in total. The molecule has 0 amide bonds. The van der Waals surface area contributed by atoms with Crippen molar-refractivity contribution in [3.63, 3.8) is 0 Å². The van der Waals surface area contributed by atoms with Crippen LogP contribution >= 0.6 is 0 Å². The summed E-state index contributed by atoms with van der Waals surface area (Å²) in [6, 6.07) is 4.44. The van der Waals surface area contributed by atoms with Gasteiger partial charge in [0.1, 0.15) is 0 Å². The van der Waals surface area contributed by atoms with E-state index in [-0.39, 0.29) is 11.5 Å². The Bertz CT molecular complexity index is 364. The van der Waals surface area contributed by atoms with Crippen LogP contribution in [0.5, 0.6) is 11.5 Å². The molecule has 0 aromatic heterocycles. The molecule has 0 atom stereocenters. The Morgan fingerprint density at radius 3 is 2.77 bits per heavy atom. The van der Waals surface area contributed by atoms with Gasteiger partial charge in [-0.05, 0) is 23.8 Å². The lowest BCUT2D eigenvalue weighted by Gasteiger charge is -1.97. The molecule has 66 valence electrons. The fourth-order valence-electron chi connectivity index (χ4n) is 0.825. The topological polar surface area (TPSA) is 52.8 Å². The van der Waals surface area contributed by atoms with Crippen molar-refractivity contribution in [2.45, 2.75) is 0 Å².